The van der Waals surface area contributed by atoms with Crippen molar-refractivity contribution in [2.75, 3.05) is 24.1 Å². The Morgan fingerprint density at radius 2 is 2.05 bits per heavy atom. The van der Waals surface area contributed by atoms with Crippen LogP contribution in [0.15, 0.2) is 18.2 Å². The maximum absolute atomic E-state index is 11.5. The second kappa shape index (κ2) is 7.37. The first kappa shape index (κ1) is 15.8. The number of hydrogen-bond donors (Lipinski definition) is 4. The molecule has 6 heteroatoms. The molecule has 0 spiro atoms. The van der Waals surface area contributed by atoms with Gasteiger partial charge < -0.3 is 21.5 Å². The van der Waals surface area contributed by atoms with E-state index >= 15 is 0 Å². The van der Waals surface area contributed by atoms with E-state index in [4.69, 9.17) is 10.8 Å². The number of rotatable bonds is 7. The van der Waals surface area contributed by atoms with Crippen LogP contribution in [0.4, 0.5) is 11.4 Å². The fourth-order valence-electron chi connectivity index (χ4n) is 1.61. The predicted molar refractivity (Wildman–Crippen MR) is 78.8 cm³/mol. The molecule has 0 unspecified atom stereocenters. The second-order valence-corrected chi connectivity index (χ2v) is 4.98. The van der Waals surface area contributed by atoms with Gasteiger partial charge in [-0.2, -0.15) is 0 Å². The van der Waals surface area contributed by atoms with Gasteiger partial charge in [-0.1, -0.05) is 13.8 Å². The first-order chi connectivity index (χ1) is 9.40. The summed E-state index contributed by atoms with van der Waals surface area (Å²) in [5, 5.41) is 14.8. The Hall–Kier alpha value is -2.24. The van der Waals surface area contributed by atoms with Crippen molar-refractivity contribution < 1.29 is 14.7 Å². The number of benzene rings is 1. The van der Waals surface area contributed by atoms with Gasteiger partial charge in [-0.05, 0) is 24.1 Å². The first-order valence-corrected chi connectivity index (χ1v) is 6.53. The van der Waals surface area contributed by atoms with Crippen molar-refractivity contribution in [2.45, 2.75) is 20.3 Å². The predicted octanol–water partition coefficient (Wildman–Crippen LogP) is 1.54. The molecule has 0 aliphatic carbocycles. The van der Waals surface area contributed by atoms with Crippen molar-refractivity contribution in [3.05, 3.63) is 23.8 Å². The molecule has 1 amide bonds. The molecule has 0 fully saturated rings. The molecule has 1 aromatic rings. The highest BCUT2D eigenvalue weighted by Crippen LogP contribution is 2.19. The van der Waals surface area contributed by atoms with Gasteiger partial charge in [0.15, 0.2) is 0 Å². The lowest BCUT2D eigenvalue weighted by Gasteiger charge is -2.11. The van der Waals surface area contributed by atoms with Crippen molar-refractivity contribution in [1.82, 2.24) is 5.32 Å². The number of carbonyl (C=O) groups excluding carboxylic acids is 1. The zero-order chi connectivity index (χ0) is 15.1. The van der Waals surface area contributed by atoms with Crippen molar-refractivity contribution in [3.8, 4) is 0 Å². The smallest absolute Gasteiger partial charge is 0.337 e. The van der Waals surface area contributed by atoms with E-state index < -0.39 is 5.97 Å². The number of carbonyl (C=O) groups is 2. The molecule has 0 bridgehead atoms. The van der Waals surface area contributed by atoms with Crippen LogP contribution in [0.5, 0.6) is 0 Å². The largest absolute Gasteiger partial charge is 0.478 e. The maximum Gasteiger partial charge on any atom is 0.337 e. The number of nitrogens with one attached hydrogen (secondary N) is 2. The van der Waals surface area contributed by atoms with Crippen LogP contribution in [-0.2, 0) is 4.79 Å². The standard InChI is InChI=1S/C14H21N3O3/c1-9(2)8-17-13(18)5-6-16-12-7-10(15)3-4-11(12)14(19)20/h3-4,7,9,16H,5-6,8,15H2,1-2H3,(H,17,18)(H,19,20). The Balaban J connectivity index is 2.51. The van der Waals surface area contributed by atoms with Crippen LogP contribution in [0, 0.1) is 5.92 Å². The number of carboxylic acids is 1. The van der Waals surface area contributed by atoms with Crippen LogP contribution in [0.2, 0.25) is 0 Å². The molecule has 110 valence electrons. The van der Waals surface area contributed by atoms with E-state index in [1.54, 1.807) is 6.07 Å². The van der Waals surface area contributed by atoms with E-state index in [0.29, 0.717) is 30.4 Å². The molecular weight excluding hydrogens is 258 g/mol. The summed E-state index contributed by atoms with van der Waals surface area (Å²) in [6, 6.07) is 4.53. The normalized spacial score (nSPS) is 10.3. The second-order valence-electron chi connectivity index (χ2n) is 4.98. The number of carboxylic acid groups (broad SMARTS) is 1. The number of hydrogen-bond acceptors (Lipinski definition) is 4. The number of nitrogens with two attached hydrogens (primary N) is 1. The number of nitrogen functional groups attached to an aromatic ring is 1. The van der Waals surface area contributed by atoms with E-state index in [1.165, 1.54) is 12.1 Å². The summed E-state index contributed by atoms with van der Waals surface area (Å²) in [6.45, 7) is 5.03. The van der Waals surface area contributed by atoms with Crippen LogP contribution >= 0.6 is 0 Å². The minimum atomic E-state index is -1.03. The van der Waals surface area contributed by atoms with E-state index in [1.807, 2.05) is 13.8 Å². The average Bonchev–Trinajstić information content (AvgIpc) is 2.36. The molecular formula is C14H21N3O3. The van der Waals surface area contributed by atoms with E-state index in [2.05, 4.69) is 10.6 Å². The highest BCUT2D eigenvalue weighted by Gasteiger charge is 2.10. The van der Waals surface area contributed by atoms with Crippen LogP contribution in [-0.4, -0.2) is 30.1 Å². The third-order valence-electron chi connectivity index (χ3n) is 2.65. The summed E-state index contributed by atoms with van der Waals surface area (Å²) < 4.78 is 0. The lowest BCUT2D eigenvalue weighted by atomic mass is 10.1. The summed E-state index contributed by atoms with van der Waals surface area (Å²) in [4.78, 5) is 22.6. The molecule has 0 aromatic heterocycles. The molecule has 1 aromatic carbocycles. The number of aromatic carboxylic acids is 1. The third-order valence-corrected chi connectivity index (χ3v) is 2.65. The van der Waals surface area contributed by atoms with Gasteiger partial charge in [0.2, 0.25) is 5.91 Å². The number of anilines is 2. The highest BCUT2D eigenvalue weighted by molar-refractivity contribution is 5.95. The molecule has 5 N–H and O–H groups in total. The zero-order valence-corrected chi connectivity index (χ0v) is 11.8. The van der Waals surface area contributed by atoms with Crippen LogP contribution in [0.1, 0.15) is 30.6 Å². The van der Waals surface area contributed by atoms with Crippen LogP contribution < -0.4 is 16.4 Å². The lowest BCUT2D eigenvalue weighted by Crippen LogP contribution is -2.28. The molecule has 0 aliphatic heterocycles. The lowest BCUT2D eigenvalue weighted by molar-refractivity contribution is -0.120. The Kier molecular flexibility index (Phi) is 5.83. The first-order valence-electron chi connectivity index (χ1n) is 6.53. The minimum Gasteiger partial charge on any atom is -0.478 e. The summed E-state index contributed by atoms with van der Waals surface area (Å²) >= 11 is 0. The van der Waals surface area contributed by atoms with Gasteiger partial charge in [-0.25, -0.2) is 4.79 Å². The van der Waals surface area contributed by atoms with Gasteiger partial charge in [0.25, 0.3) is 0 Å². The van der Waals surface area contributed by atoms with Crippen molar-refractivity contribution in [1.29, 1.82) is 0 Å². The van der Waals surface area contributed by atoms with E-state index in [-0.39, 0.29) is 17.9 Å². The van der Waals surface area contributed by atoms with Crippen LogP contribution in [0.25, 0.3) is 0 Å². The van der Waals surface area contributed by atoms with Gasteiger partial charge in [0, 0.05) is 25.2 Å². The summed E-state index contributed by atoms with van der Waals surface area (Å²) in [6.07, 6.45) is 0.278. The van der Waals surface area contributed by atoms with Crippen molar-refractivity contribution in [2.24, 2.45) is 5.92 Å². The highest BCUT2D eigenvalue weighted by atomic mass is 16.4. The third kappa shape index (κ3) is 5.17. The monoisotopic (exact) mass is 279 g/mol. The fourth-order valence-corrected chi connectivity index (χ4v) is 1.61. The molecule has 0 atom stereocenters. The molecule has 6 nitrogen and oxygen atoms in total. The Labute approximate surface area is 118 Å². The molecule has 0 heterocycles. The summed E-state index contributed by atoms with van der Waals surface area (Å²) in [5.41, 5.74) is 6.67. The van der Waals surface area contributed by atoms with Gasteiger partial charge >= 0.3 is 5.97 Å². The SMILES string of the molecule is CC(C)CNC(=O)CCNc1cc(N)ccc1C(=O)O. The summed E-state index contributed by atoms with van der Waals surface area (Å²) in [5.74, 6) is -0.691. The molecule has 0 saturated heterocycles. The molecule has 0 saturated carbocycles. The Morgan fingerprint density at radius 3 is 2.65 bits per heavy atom. The minimum absolute atomic E-state index is 0.0630. The average molecular weight is 279 g/mol. The molecule has 1 rings (SSSR count). The van der Waals surface area contributed by atoms with Gasteiger partial charge in [0.1, 0.15) is 0 Å². The van der Waals surface area contributed by atoms with Gasteiger partial charge in [0.05, 0.1) is 11.3 Å². The molecule has 20 heavy (non-hydrogen) atoms. The fraction of sp³-hybridized carbons (Fsp3) is 0.429. The zero-order valence-electron chi connectivity index (χ0n) is 11.8. The molecule has 0 radical (unpaired) electrons. The Morgan fingerprint density at radius 1 is 1.35 bits per heavy atom. The van der Waals surface area contributed by atoms with E-state index in [9.17, 15) is 9.59 Å². The van der Waals surface area contributed by atoms with Gasteiger partial charge in [-0.3, -0.25) is 4.79 Å². The van der Waals surface area contributed by atoms with Crippen molar-refractivity contribution >= 4 is 23.3 Å². The summed E-state index contributed by atoms with van der Waals surface area (Å²) in [7, 11) is 0. The van der Waals surface area contributed by atoms with E-state index in [0.717, 1.165) is 0 Å². The number of amides is 1. The van der Waals surface area contributed by atoms with Gasteiger partial charge in [-0.15, -0.1) is 0 Å². The Bertz CT molecular complexity index is 487. The maximum atomic E-state index is 11.5. The van der Waals surface area contributed by atoms with Crippen LogP contribution in [0.3, 0.4) is 0 Å². The topological polar surface area (TPSA) is 104 Å². The molecule has 0 aliphatic rings. The quantitative estimate of drug-likeness (QED) is 0.567. The van der Waals surface area contributed by atoms with Crippen molar-refractivity contribution in [3.63, 3.8) is 0 Å².